The van der Waals surface area contributed by atoms with Crippen LogP contribution in [0.5, 0.6) is 0 Å². The van der Waals surface area contributed by atoms with E-state index in [9.17, 15) is 9.18 Å². The zero-order valence-electron chi connectivity index (χ0n) is 9.67. The first-order chi connectivity index (χ1) is 8.59. The Bertz CT molecular complexity index is 588. The molecule has 1 heterocycles. The molecule has 0 saturated heterocycles. The predicted molar refractivity (Wildman–Crippen MR) is 65.6 cm³/mol. The van der Waals surface area contributed by atoms with Crippen LogP contribution in [-0.4, -0.2) is 22.9 Å². The van der Waals surface area contributed by atoms with Gasteiger partial charge in [0, 0.05) is 7.05 Å². The topological polar surface area (TPSA) is 72.1 Å². The van der Waals surface area contributed by atoms with E-state index in [-0.39, 0.29) is 17.2 Å². The van der Waals surface area contributed by atoms with Crippen LogP contribution in [0.25, 0.3) is 0 Å². The van der Waals surface area contributed by atoms with Crippen molar-refractivity contribution in [2.75, 3.05) is 17.7 Å². The summed E-state index contributed by atoms with van der Waals surface area (Å²) in [5, 5.41) is 0. The monoisotopic (exact) mass is 246 g/mol. The number of benzene rings is 1. The Balaban J connectivity index is 2.32. The largest absolute Gasteiger partial charge is 0.382 e. The highest BCUT2D eigenvalue weighted by Crippen LogP contribution is 2.18. The van der Waals surface area contributed by atoms with Gasteiger partial charge in [-0.15, -0.1) is 0 Å². The Morgan fingerprint density at radius 3 is 2.72 bits per heavy atom. The summed E-state index contributed by atoms with van der Waals surface area (Å²) in [6.45, 7) is 0. The molecule has 2 rings (SSSR count). The van der Waals surface area contributed by atoms with Crippen LogP contribution in [0.1, 0.15) is 10.5 Å². The van der Waals surface area contributed by atoms with Crippen molar-refractivity contribution in [2.45, 2.75) is 0 Å². The van der Waals surface area contributed by atoms with Gasteiger partial charge < -0.3 is 10.6 Å². The number of carbonyl (C=O) groups is 1. The first-order valence-corrected chi connectivity index (χ1v) is 5.19. The lowest BCUT2D eigenvalue weighted by atomic mass is 10.2. The van der Waals surface area contributed by atoms with Gasteiger partial charge >= 0.3 is 0 Å². The number of carbonyl (C=O) groups excluding carboxylic acids is 1. The average molecular weight is 246 g/mol. The molecule has 5 nitrogen and oxygen atoms in total. The van der Waals surface area contributed by atoms with E-state index in [1.807, 2.05) is 0 Å². The maximum Gasteiger partial charge on any atom is 0.278 e. The molecule has 0 aliphatic carbocycles. The van der Waals surface area contributed by atoms with Gasteiger partial charge in [0.1, 0.15) is 17.3 Å². The molecule has 0 unspecified atom stereocenters. The Labute approximate surface area is 103 Å². The van der Waals surface area contributed by atoms with Crippen LogP contribution in [0.15, 0.2) is 36.7 Å². The van der Waals surface area contributed by atoms with Crippen LogP contribution in [0.3, 0.4) is 0 Å². The second-order valence-electron chi connectivity index (χ2n) is 3.64. The van der Waals surface area contributed by atoms with Gasteiger partial charge in [0.05, 0.1) is 18.1 Å². The molecule has 0 atom stereocenters. The summed E-state index contributed by atoms with van der Waals surface area (Å²) in [6.07, 6.45) is 2.62. The van der Waals surface area contributed by atoms with Gasteiger partial charge in [-0.05, 0) is 12.1 Å². The Morgan fingerprint density at radius 2 is 2.06 bits per heavy atom. The minimum atomic E-state index is -0.481. The molecule has 0 radical (unpaired) electrons. The van der Waals surface area contributed by atoms with Gasteiger partial charge in [0.2, 0.25) is 0 Å². The van der Waals surface area contributed by atoms with Crippen molar-refractivity contribution < 1.29 is 9.18 Å². The quantitative estimate of drug-likeness (QED) is 0.871. The summed E-state index contributed by atoms with van der Waals surface area (Å²) in [4.78, 5) is 20.8. The Kier molecular flexibility index (Phi) is 3.18. The molecular formula is C12H11FN4O. The molecule has 2 aromatic rings. The first kappa shape index (κ1) is 12.0. The molecule has 0 spiro atoms. The van der Waals surface area contributed by atoms with Gasteiger partial charge in [-0.25, -0.2) is 9.37 Å². The minimum absolute atomic E-state index is 0.0701. The van der Waals surface area contributed by atoms with Crippen molar-refractivity contribution in [3.63, 3.8) is 0 Å². The molecule has 0 aliphatic heterocycles. The van der Waals surface area contributed by atoms with Crippen LogP contribution in [-0.2, 0) is 0 Å². The standard InChI is InChI=1S/C12H11FN4O/c1-17(10-5-3-2-4-8(10)13)12(18)9-6-15-7-11(14)16-9/h2-7H,1H3,(H2,14,16). The zero-order valence-corrected chi connectivity index (χ0v) is 9.67. The number of nitrogens with zero attached hydrogens (tertiary/aromatic N) is 3. The lowest BCUT2D eigenvalue weighted by Gasteiger charge is -2.17. The van der Waals surface area contributed by atoms with E-state index in [1.165, 1.54) is 36.5 Å². The maximum absolute atomic E-state index is 13.5. The average Bonchev–Trinajstić information content (AvgIpc) is 2.37. The fourth-order valence-corrected chi connectivity index (χ4v) is 1.49. The SMILES string of the molecule is CN(C(=O)c1cncc(N)n1)c1ccccc1F. The van der Waals surface area contributed by atoms with E-state index in [4.69, 9.17) is 5.73 Å². The number of hydrogen-bond donors (Lipinski definition) is 1. The number of halogens is 1. The number of anilines is 2. The van der Waals surface area contributed by atoms with Gasteiger partial charge in [-0.2, -0.15) is 0 Å². The Morgan fingerprint density at radius 1 is 1.33 bits per heavy atom. The number of para-hydroxylation sites is 1. The third-order valence-electron chi connectivity index (χ3n) is 2.39. The third kappa shape index (κ3) is 2.27. The van der Waals surface area contributed by atoms with E-state index in [0.29, 0.717) is 0 Å². The molecule has 92 valence electrons. The fourth-order valence-electron chi connectivity index (χ4n) is 1.49. The number of hydrogen-bond acceptors (Lipinski definition) is 4. The molecule has 0 bridgehead atoms. The summed E-state index contributed by atoms with van der Waals surface area (Å²) < 4.78 is 13.5. The maximum atomic E-state index is 13.5. The van der Waals surface area contributed by atoms with E-state index < -0.39 is 11.7 Å². The molecule has 1 aromatic heterocycles. The van der Waals surface area contributed by atoms with Crippen molar-refractivity contribution in [1.82, 2.24) is 9.97 Å². The summed E-state index contributed by atoms with van der Waals surface area (Å²) in [6, 6.07) is 5.99. The highest BCUT2D eigenvalue weighted by molar-refractivity contribution is 6.04. The van der Waals surface area contributed by atoms with E-state index >= 15 is 0 Å². The number of nitrogen functional groups attached to an aromatic ring is 1. The lowest BCUT2D eigenvalue weighted by molar-refractivity contribution is 0.0987. The smallest absolute Gasteiger partial charge is 0.278 e. The molecule has 0 aliphatic rings. The van der Waals surface area contributed by atoms with Crippen molar-refractivity contribution >= 4 is 17.4 Å². The highest BCUT2D eigenvalue weighted by Gasteiger charge is 2.17. The Hall–Kier alpha value is -2.50. The van der Waals surface area contributed by atoms with Crippen molar-refractivity contribution in [3.05, 3.63) is 48.2 Å². The predicted octanol–water partition coefficient (Wildman–Crippen LogP) is 1.47. The summed E-state index contributed by atoms with van der Waals surface area (Å²) in [5.41, 5.74) is 5.69. The normalized spacial score (nSPS) is 10.1. The molecular weight excluding hydrogens is 235 g/mol. The molecule has 1 aromatic carbocycles. The van der Waals surface area contributed by atoms with Gasteiger partial charge in [0.25, 0.3) is 5.91 Å². The van der Waals surface area contributed by atoms with E-state index in [0.717, 1.165) is 0 Å². The summed E-state index contributed by atoms with van der Waals surface area (Å²) in [7, 11) is 1.46. The van der Waals surface area contributed by atoms with Crippen molar-refractivity contribution in [2.24, 2.45) is 0 Å². The van der Waals surface area contributed by atoms with E-state index in [2.05, 4.69) is 9.97 Å². The second-order valence-corrected chi connectivity index (χ2v) is 3.64. The lowest BCUT2D eigenvalue weighted by Crippen LogP contribution is -2.28. The van der Waals surface area contributed by atoms with Gasteiger partial charge in [-0.1, -0.05) is 12.1 Å². The minimum Gasteiger partial charge on any atom is -0.382 e. The summed E-state index contributed by atoms with van der Waals surface area (Å²) >= 11 is 0. The number of rotatable bonds is 2. The molecule has 1 amide bonds. The van der Waals surface area contributed by atoms with Crippen LogP contribution in [0, 0.1) is 5.82 Å². The zero-order chi connectivity index (χ0) is 13.1. The number of nitrogens with two attached hydrogens (primary N) is 1. The van der Waals surface area contributed by atoms with Crippen LogP contribution < -0.4 is 10.6 Å². The molecule has 0 saturated carbocycles. The van der Waals surface area contributed by atoms with Gasteiger partial charge in [-0.3, -0.25) is 9.78 Å². The van der Waals surface area contributed by atoms with Crippen LogP contribution >= 0.6 is 0 Å². The highest BCUT2D eigenvalue weighted by atomic mass is 19.1. The van der Waals surface area contributed by atoms with Crippen LogP contribution in [0.2, 0.25) is 0 Å². The first-order valence-electron chi connectivity index (χ1n) is 5.19. The molecule has 18 heavy (non-hydrogen) atoms. The molecule has 2 N–H and O–H groups in total. The molecule has 6 heteroatoms. The van der Waals surface area contributed by atoms with Crippen molar-refractivity contribution in [1.29, 1.82) is 0 Å². The fraction of sp³-hybridized carbons (Fsp3) is 0.0833. The number of amides is 1. The van der Waals surface area contributed by atoms with Crippen molar-refractivity contribution in [3.8, 4) is 0 Å². The van der Waals surface area contributed by atoms with Gasteiger partial charge in [0.15, 0.2) is 0 Å². The summed E-state index contributed by atoms with van der Waals surface area (Å²) in [5.74, 6) is -0.812. The number of aromatic nitrogens is 2. The van der Waals surface area contributed by atoms with Crippen LogP contribution in [0.4, 0.5) is 15.9 Å². The van der Waals surface area contributed by atoms with E-state index in [1.54, 1.807) is 12.1 Å². The third-order valence-corrected chi connectivity index (χ3v) is 2.39. The molecule has 0 fully saturated rings. The second kappa shape index (κ2) is 4.79.